The largest absolute Gasteiger partial charge is 0.378 e. The third-order valence-electron chi connectivity index (χ3n) is 6.07. The number of para-hydroxylation sites is 2. The minimum atomic E-state index is -0.827. The zero-order valence-electron chi connectivity index (χ0n) is 14.4. The smallest absolute Gasteiger partial charge is 0.318 e. The van der Waals surface area contributed by atoms with Crippen LogP contribution in [0.15, 0.2) is 24.3 Å². The van der Waals surface area contributed by atoms with Crippen molar-refractivity contribution >= 4 is 23.3 Å². The van der Waals surface area contributed by atoms with Crippen molar-refractivity contribution in [3.8, 4) is 0 Å². The van der Waals surface area contributed by atoms with Crippen molar-refractivity contribution in [1.82, 2.24) is 5.32 Å². The number of nitrogens with one attached hydrogen (secondary N) is 3. The standard InChI is InChI=1S/C19H26N4O2/c20-18(25)22-17(24)11-21-15-3-1-2-4-16(15)23-19-8-12-5-13(9-19)7-14(6-12)10-19/h1-4,12-14,21,23H,5-11H2,(H3,20,22,24,25). The Kier molecular flexibility index (Phi) is 4.06. The van der Waals surface area contributed by atoms with Gasteiger partial charge < -0.3 is 16.4 Å². The second-order valence-electron chi connectivity index (χ2n) is 8.13. The molecule has 6 heteroatoms. The second-order valence-corrected chi connectivity index (χ2v) is 8.13. The van der Waals surface area contributed by atoms with E-state index >= 15 is 0 Å². The summed E-state index contributed by atoms with van der Waals surface area (Å²) in [4.78, 5) is 22.4. The van der Waals surface area contributed by atoms with Gasteiger partial charge in [0.2, 0.25) is 5.91 Å². The fraction of sp³-hybridized carbons (Fsp3) is 0.579. The molecule has 25 heavy (non-hydrogen) atoms. The first-order valence-electron chi connectivity index (χ1n) is 9.22. The fourth-order valence-corrected chi connectivity index (χ4v) is 5.65. The van der Waals surface area contributed by atoms with Gasteiger partial charge in [0.1, 0.15) is 0 Å². The lowest BCUT2D eigenvalue weighted by molar-refractivity contribution is -0.118. The summed E-state index contributed by atoms with van der Waals surface area (Å²) in [6.45, 7) is 0.0164. The highest BCUT2D eigenvalue weighted by molar-refractivity contribution is 5.95. The molecule has 134 valence electrons. The molecule has 0 atom stereocenters. The van der Waals surface area contributed by atoms with Crippen molar-refractivity contribution < 1.29 is 9.59 Å². The van der Waals surface area contributed by atoms with Crippen LogP contribution in [-0.2, 0) is 4.79 Å². The minimum Gasteiger partial charge on any atom is -0.378 e. The molecule has 0 radical (unpaired) electrons. The summed E-state index contributed by atoms with van der Waals surface area (Å²) >= 11 is 0. The number of nitrogens with two attached hydrogens (primary N) is 1. The molecule has 4 bridgehead atoms. The molecule has 1 aromatic rings. The van der Waals surface area contributed by atoms with Crippen molar-refractivity contribution in [2.45, 2.75) is 44.1 Å². The highest BCUT2D eigenvalue weighted by Gasteiger charge is 2.51. The highest BCUT2D eigenvalue weighted by Crippen LogP contribution is 2.56. The number of anilines is 2. The number of carbonyl (C=O) groups excluding carboxylic acids is 2. The lowest BCUT2D eigenvalue weighted by Crippen LogP contribution is -2.54. The highest BCUT2D eigenvalue weighted by atomic mass is 16.2. The van der Waals surface area contributed by atoms with E-state index in [9.17, 15) is 9.59 Å². The Labute approximate surface area is 147 Å². The third kappa shape index (κ3) is 3.43. The molecule has 6 nitrogen and oxygen atoms in total. The van der Waals surface area contributed by atoms with Crippen molar-refractivity contribution in [2.75, 3.05) is 17.2 Å². The SMILES string of the molecule is NC(=O)NC(=O)CNc1ccccc1NC12CC3CC(CC(C3)C1)C2. The Morgan fingerprint density at radius 1 is 1.00 bits per heavy atom. The molecule has 5 rings (SSSR count). The maximum atomic E-state index is 11.7. The van der Waals surface area contributed by atoms with Crippen LogP contribution in [0.4, 0.5) is 16.2 Å². The van der Waals surface area contributed by atoms with E-state index in [1.807, 2.05) is 18.2 Å². The van der Waals surface area contributed by atoms with Crippen molar-refractivity contribution in [3.05, 3.63) is 24.3 Å². The molecule has 0 aromatic heterocycles. The van der Waals surface area contributed by atoms with Crippen LogP contribution in [0.5, 0.6) is 0 Å². The summed E-state index contributed by atoms with van der Waals surface area (Å²) < 4.78 is 0. The second kappa shape index (κ2) is 6.24. The van der Waals surface area contributed by atoms with Gasteiger partial charge in [-0.2, -0.15) is 0 Å². The number of carbonyl (C=O) groups is 2. The average Bonchev–Trinajstić information content (AvgIpc) is 2.51. The van der Waals surface area contributed by atoms with Gasteiger partial charge in [-0.3, -0.25) is 10.1 Å². The number of imide groups is 1. The first-order valence-corrected chi connectivity index (χ1v) is 9.22. The summed E-state index contributed by atoms with van der Waals surface area (Å²) in [6, 6.07) is 7.15. The maximum absolute atomic E-state index is 11.7. The number of rotatable bonds is 5. The molecule has 5 N–H and O–H groups in total. The van der Waals surface area contributed by atoms with Crippen LogP contribution in [0.1, 0.15) is 38.5 Å². The van der Waals surface area contributed by atoms with E-state index < -0.39 is 11.9 Å². The molecular formula is C19H26N4O2. The van der Waals surface area contributed by atoms with Crippen molar-refractivity contribution in [3.63, 3.8) is 0 Å². The Hall–Kier alpha value is -2.24. The van der Waals surface area contributed by atoms with Crippen LogP contribution in [0.3, 0.4) is 0 Å². The lowest BCUT2D eigenvalue weighted by Gasteiger charge is -2.57. The van der Waals surface area contributed by atoms with Gasteiger partial charge in [-0.05, 0) is 68.4 Å². The molecule has 4 fully saturated rings. The summed E-state index contributed by atoms with van der Waals surface area (Å²) in [5.41, 5.74) is 7.11. The number of amides is 3. The van der Waals surface area contributed by atoms with Crippen LogP contribution < -0.4 is 21.7 Å². The monoisotopic (exact) mass is 342 g/mol. The molecule has 4 aliphatic carbocycles. The number of urea groups is 1. The number of primary amides is 1. The molecule has 0 spiro atoms. The van der Waals surface area contributed by atoms with Crippen molar-refractivity contribution in [1.29, 1.82) is 0 Å². The first-order chi connectivity index (χ1) is 12.0. The van der Waals surface area contributed by atoms with E-state index in [-0.39, 0.29) is 12.1 Å². The average molecular weight is 342 g/mol. The molecule has 0 unspecified atom stereocenters. The maximum Gasteiger partial charge on any atom is 0.318 e. The summed E-state index contributed by atoms with van der Waals surface area (Å²) in [7, 11) is 0. The molecule has 0 aliphatic heterocycles. The van der Waals surface area contributed by atoms with Gasteiger partial charge in [0.05, 0.1) is 17.9 Å². The molecular weight excluding hydrogens is 316 g/mol. The Morgan fingerprint density at radius 2 is 1.56 bits per heavy atom. The Morgan fingerprint density at radius 3 is 2.12 bits per heavy atom. The predicted molar refractivity (Wildman–Crippen MR) is 97.2 cm³/mol. The lowest BCUT2D eigenvalue weighted by atomic mass is 9.53. The Bertz CT molecular complexity index is 652. The fourth-order valence-electron chi connectivity index (χ4n) is 5.65. The van der Waals surface area contributed by atoms with E-state index in [4.69, 9.17) is 5.73 Å². The zero-order chi connectivity index (χ0) is 17.4. The van der Waals surface area contributed by atoms with Gasteiger partial charge in [-0.15, -0.1) is 0 Å². The normalized spacial score (nSPS) is 32.2. The third-order valence-corrected chi connectivity index (χ3v) is 6.07. The van der Waals surface area contributed by atoms with Gasteiger partial charge in [0.15, 0.2) is 0 Å². The molecule has 0 heterocycles. The Balaban J connectivity index is 1.46. The molecule has 4 saturated carbocycles. The van der Waals surface area contributed by atoms with Crippen LogP contribution in [0.2, 0.25) is 0 Å². The predicted octanol–water partition coefficient (Wildman–Crippen LogP) is 2.67. The molecule has 4 aliphatic rings. The van der Waals surface area contributed by atoms with Crippen LogP contribution >= 0.6 is 0 Å². The van der Waals surface area contributed by atoms with E-state index in [1.54, 1.807) is 0 Å². The summed E-state index contributed by atoms with van der Waals surface area (Å²) in [5, 5.41) is 9.03. The number of hydrogen-bond acceptors (Lipinski definition) is 4. The minimum absolute atomic E-state index is 0.0164. The van der Waals surface area contributed by atoms with Gasteiger partial charge in [0.25, 0.3) is 0 Å². The van der Waals surface area contributed by atoms with Gasteiger partial charge in [0, 0.05) is 5.54 Å². The van der Waals surface area contributed by atoms with Gasteiger partial charge >= 0.3 is 6.03 Å². The topological polar surface area (TPSA) is 96.2 Å². The quantitative estimate of drug-likeness (QED) is 0.661. The number of hydrogen-bond donors (Lipinski definition) is 4. The molecule has 1 aromatic carbocycles. The van der Waals surface area contributed by atoms with Crippen molar-refractivity contribution in [2.24, 2.45) is 23.5 Å². The van der Waals surface area contributed by atoms with E-state index in [0.29, 0.717) is 0 Å². The summed E-state index contributed by atoms with van der Waals surface area (Å²) in [6.07, 6.45) is 8.01. The van der Waals surface area contributed by atoms with Gasteiger partial charge in [-0.1, -0.05) is 12.1 Å². The van der Waals surface area contributed by atoms with E-state index in [2.05, 4.69) is 22.0 Å². The zero-order valence-corrected chi connectivity index (χ0v) is 14.4. The first kappa shape index (κ1) is 16.2. The number of benzene rings is 1. The molecule has 0 saturated heterocycles. The van der Waals surface area contributed by atoms with E-state index in [1.165, 1.54) is 38.5 Å². The van der Waals surface area contributed by atoms with E-state index in [0.717, 1.165) is 29.1 Å². The summed E-state index contributed by atoms with van der Waals surface area (Å²) in [5.74, 6) is 2.19. The van der Waals surface area contributed by atoms with Crippen LogP contribution in [-0.4, -0.2) is 24.0 Å². The van der Waals surface area contributed by atoms with Gasteiger partial charge in [-0.25, -0.2) is 4.79 Å². The molecule has 3 amide bonds. The van der Waals surface area contributed by atoms with Crippen LogP contribution in [0, 0.1) is 17.8 Å². The van der Waals surface area contributed by atoms with Crippen LogP contribution in [0.25, 0.3) is 0 Å².